The Hall–Kier alpha value is -0.930. The Morgan fingerprint density at radius 2 is 1.48 bits per heavy atom. The van der Waals surface area contributed by atoms with Crippen molar-refractivity contribution in [2.45, 2.75) is 45.1 Å². The van der Waals surface area contributed by atoms with Gasteiger partial charge in [-0.2, -0.15) is 12.6 Å². The molecule has 1 nitrogen and oxygen atoms in total. The Bertz CT molecular complexity index is 778. The van der Waals surface area contributed by atoms with Crippen molar-refractivity contribution in [3.8, 4) is 0 Å². The molecule has 0 amide bonds. The van der Waals surface area contributed by atoms with Gasteiger partial charge in [-0.3, -0.25) is 0 Å². The number of hydrogen-bond donors (Lipinski definition) is 1. The fourth-order valence-electron chi connectivity index (χ4n) is 3.36. The molecule has 0 saturated carbocycles. The summed E-state index contributed by atoms with van der Waals surface area (Å²) in [6.07, 6.45) is 7.84. The SMILES string of the molecule is SCCCCCCCCn1c2ccccc2c2cc(Br)ccc21. The smallest absolute Gasteiger partial charge is 0.0492 e. The van der Waals surface area contributed by atoms with Crippen LogP contribution in [0.2, 0.25) is 0 Å². The van der Waals surface area contributed by atoms with Crippen LogP contribution in [0.1, 0.15) is 38.5 Å². The zero-order valence-corrected chi connectivity index (χ0v) is 16.0. The predicted molar refractivity (Wildman–Crippen MR) is 109 cm³/mol. The number of fused-ring (bicyclic) bond motifs is 3. The number of hydrogen-bond acceptors (Lipinski definition) is 1. The summed E-state index contributed by atoms with van der Waals surface area (Å²) in [4.78, 5) is 0. The number of nitrogens with zero attached hydrogens (tertiary/aromatic N) is 1. The van der Waals surface area contributed by atoms with Gasteiger partial charge in [0.2, 0.25) is 0 Å². The van der Waals surface area contributed by atoms with Crippen molar-refractivity contribution in [2.24, 2.45) is 0 Å². The molecule has 2 aromatic carbocycles. The van der Waals surface area contributed by atoms with E-state index in [1.807, 2.05) is 0 Å². The van der Waals surface area contributed by atoms with Crippen LogP contribution in [0.5, 0.6) is 0 Å². The summed E-state index contributed by atoms with van der Waals surface area (Å²) in [5, 5.41) is 2.71. The van der Waals surface area contributed by atoms with Crippen molar-refractivity contribution in [1.82, 2.24) is 4.57 Å². The molecule has 122 valence electrons. The number of thiol groups is 1. The van der Waals surface area contributed by atoms with Crippen LogP contribution in [0.4, 0.5) is 0 Å². The monoisotopic (exact) mass is 389 g/mol. The lowest BCUT2D eigenvalue weighted by Gasteiger charge is -2.07. The third kappa shape index (κ3) is 3.95. The summed E-state index contributed by atoms with van der Waals surface area (Å²) in [6.45, 7) is 1.11. The van der Waals surface area contributed by atoms with E-state index in [1.54, 1.807) is 0 Å². The first-order chi connectivity index (χ1) is 11.3. The van der Waals surface area contributed by atoms with Crippen molar-refractivity contribution >= 4 is 50.4 Å². The van der Waals surface area contributed by atoms with Crippen LogP contribution in [0.3, 0.4) is 0 Å². The summed E-state index contributed by atoms with van der Waals surface area (Å²) in [5.74, 6) is 1.02. The zero-order chi connectivity index (χ0) is 16.1. The van der Waals surface area contributed by atoms with Gasteiger partial charge in [0.15, 0.2) is 0 Å². The Kier molecular flexibility index (Phi) is 6.07. The third-order valence-corrected chi connectivity index (χ3v) is 5.33. The van der Waals surface area contributed by atoms with E-state index >= 15 is 0 Å². The van der Waals surface area contributed by atoms with Gasteiger partial charge in [0, 0.05) is 32.8 Å². The Morgan fingerprint density at radius 1 is 0.783 bits per heavy atom. The third-order valence-electron chi connectivity index (χ3n) is 4.52. The second kappa shape index (κ2) is 8.25. The van der Waals surface area contributed by atoms with Gasteiger partial charge in [-0.15, -0.1) is 0 Å². The van der Waals surface area contributed by atoms with Crippen LogP contribution in [0.25, 0.3) is 21.8 Å². The molecule has 0 radical (unpaired) electrons. The van der Waals surface area contributed by atoms with Gasteiger partial charge in [0.1, 0.15) is 0 Å². The molecule has 23 heavy (non-hydrogen) atoms. The van der Waals surface area contributed by atoms with E-state index < -0.39 is 0 Å². The number of benzene rings is 2. The van der Waals surface area contributed by atoms with E-state index in [4.69, 9.17) is 0 Å². The number of unbranched alkanes of at least 4 members (excludes halogenated alkanes) is 5. The number of rotatable bonds is 8. The summed E-state index contributed by atoms with van der Waals surface area (Å²) in [5.41, 5.74) is 2.71. The molecule has 0 aliphatic carbocycles. The van der Waals surface area contributed by atoms with Crippen LogP contribution in [-0.2, 0) is 6.54 Å². The number of aromatic nitrogens is 1. The van der Waals surface area contributed by atoms with Crippen molar-refractivity contribution < 1.29 is 0 Å². The maximum absolute atomic E-state index is 4.27. The lowest BCUT2D eigenvalue weighted by atomic mass is 10.1. The fraction of sp³-hybridized carbons (Fsp3) is 0.400. The van der Waals surface area contributed by atoms with Crippen molar-refractivity contribution in [2.75, 3.05) is 5.75 Å². The maximum Gasteiger partial charge on any atom is 0.0492 e. The minimum Gasteiger partial charge on any atom is -0.340 e. The molecule has 0 fully saturated rings. The van der Waals surface area contributed by atoms with Gasteiger partial charge >= 0.3 is 0 Å². The van der Waals surface area contributed by atoms with Crippen molar-refractivity contribution in [3.63, 3.8) is 0 Å². The van der Waals surface area contributed by atoms with E-state index in [9.17, 15) is 0 Å². The molecule has 0 atom stereocenters. The molecule has 1 heterocycles. The molecule has 1 aromatic heterocycles. The molecule has 0 spiro atoms. The summed E-state index contributed by atoms with van der Waals surface area (Å²) in [7, 11) is 0. The van der Waals surface area contributed by atoms with Gasteiger partial charge in [-0.05, 0) is 42.9 Å². The van der Waals surface area contributed by atoms with Crippen LogP contribution in [0.15, 0.2) is 46.9 Å². The molecule has 0 aliphatic rings. The first-order valence-corrected chi connectivity index (χ1v) is 10.0. The number of para-hydroxylation sites is 1. The van der Waals surface area contributed by atoms with Crippen LogP contribution < -0.4 is 0 Å². The van der Waals surface area contributed by atoms with E-state index in [-0.39, 0.29) is 0 Å². The quantitative estimate of drug-likeness (QED) is 0.318. The number of halogens is 1. The van der Waals surface area contributed by atoms with Gasteiger partial charge in [-0.1, -0.05) is 59.8 Å². The van der Waals surface area contributed by atoms with Crippen molar-refractivity contribution in [1.29, 1.82) is 0 Å². The normalized spacial score (nSPS) is 11.6. The molecule has 0 saturated heterocycles. The molecule has 3 heteroatoms. The molecular weight excluding hydrogens is 366 g/mol. The highest BCUT2D eigenvalue weighted by Gasteiger charge is 2.09. The van der Waals surface area contributed by atoms with Gasteiger partial charge in [0.25, 0.3) is 0 Å². The first kappa shape index (κ1) is 16.9. The fourth-order valence-corrected chi connectivity index (χ4v) is 3.94. The minimum absolute atomic E-state index is 1.02. The van der Waals surface area contributed by atoms with E-state index in [2.05, 4.69) is 75.6 Å². The Morgan fingerprint density at radius 3 is 2.30 bits per heavy atom. The second-order valence-electron chi connectivity index (χ2n) is 6.18. The molecular formula is C20H24BrNS. The molecule has 0 unspecified atom stereocenters. The van der Waals surface area contributed by atoms with E-state index in [0.717, 1.165) is 16.8 Å². The van der Waals surface area contributed by atoms with Crippen LogP contribution in [0, 0.1) is 0 Å². The van der Waals surface area contributed by atoms with E-state index in [1.165, 1.54) is 60.3 Å². The summed E-state index contributed by atoms with van der Waals surface area (Å²) in [6, 6.07) is 15.4. The largest absolute Gasteiger partial charge is 0.340 e. The maximum atomic E-state index is 4.27. The Labute approximate surface area is 152 Å². The van der Waals surface area contributed by atoms with Gasteiger partial charge in [-0.25, -0.2) is 0 Å². The molecule has 3 aromatic rings. The summed E-state index contributed by atoms with van der Waals surface area (Å²) >= 11 is 7.88. The lowest BCUT2D eigenvalue weighted by Crippen LogP contribution is -1.97. The average molecular weight is 390 g/mol. The van der Waals surface area contributed by atoms with Crippen LogP contribution in [-0.4, -0.2) is 10.3 Å². The minimum atomic E-state index is 1.02. The number of aryl methyl sites for hydroxylation is 1. The van der Waals surface area contributed by atoms with Crippen molar-refractivity contribution in [3.05, 3.63) is 46.9 Å². The molecule has 3 rings (SSSR count). The Balaban J connectivity index is 1.74. The van der Waals surface area contributed by atoms with E-state index in [0.29, 0.717) is 0 Å². The zero-order valence-electron chi connectivity index (χ0n) is 13.5. The standard InChI is InChI=1S/C20H24BrNS/c21-16-11-12-20-18(15-16)17-9-5-6-10-19(17)22(20)13-7-3-1-2-4-8-14-23/h5-6,9-12,15,23H,1-4,7-8,13-14H2. The average Bonchev–Trinajstić information content (AvgIpc) is 2.88. The van der Waals surface area contributed by atoms with Crippen LogP contribution >= 0.6 is 28.6 Å². The van der Waals surface area contributed by atoms with Gasteiger partial charge in [0.05, 0.1) is 0 Å². The first-order valence-electron chi connectivity index (χ1n) is 8.58. The highest BCUT2D eigenvalue weighted by Crippen LogP contribution is 2.31. The predicted octanol–water partition coefficient (Wildman–Crippen LogP) is 6.83. The lowest BCUT2D eigenvalue weighted by molar-refractivity contribution is 0.572. The topological polar surface area (TPSA) is 4.93 Å². The summed E-state index contributed by atoms with van der Waals surface area (Å²) < 4.78 is 3.64. The van der Waals surface area contributed by atoms with Gasteiger partial charge < -0.3 is 4.57 Å². The molecule has 0 N–H and O–H groups in total. The molecule has 0 bridgehead atoms. The highest BCUT2D eigenvalue weighted by atomic mass is 79.9. The highest BCUT2D eigenvalue weighted by molar-refractivity contribution is 9.10. The second-order valence-corrected chi connectivity index (χ2v) is 7.54. The molecule has 0 aliphatic heterocycles.